The number of Topliss-reactive ketones (excluding diaryl/α,β-unsaturated/α-hetero) is 2. The summed E-state index contributed by atoms with van der Waals surface area (Å²) in [5, 5.41) is 0. The number of hydrogen-bond donors (Lipinski definition) is 0. The molecule has 0 spiro atoms. The molecule has 4 bridgehead atoms. The van der Waals surface area contributed by atoms with E-state index in [-0.39, 0.29) is 29.2 Å². The molecule has 6 fully saturated rings. The quantitative estimate of drug-likeness (QED) is 0.218. The summed E-state index contributed by atoms with van der Waals surface area (Å²) in [4.78, 5) is 56.4. The van der Waals surface area contributed by atoms with Gasteiger partial charge in [0.25, 0.3) is 0 Å². The van der Waals surface area contributed by atoms with Crippen LogP contribution >= 0.6 is 0 Å². The van der Waals surface area contributed by atoms with Gasteiger partial charge in [-0.15, -0.1) is 0 Å². The minimum absolute atomic E-state index is 0.0489. The second-order valence-corrected chi connectivity index (χ2v) is 19.4. The Morgan fingerprint density at radius 1 is 0.618 bits per heavy atom. The highest BCUT2D eigenvalue weighted by atomic mass is 16.1. The smallest absolute Gasteiger partial charge is 0.225 e. The van der Waals surface area contributed by atoms with Crippen molar-refractivity contribution in [3.05, 3.63) is 35.9 Å². The van der Waals surface area contributed by atoms with Crippen molar-refractivity contribution in [3.8, 4) is 0 Å². The van der Waals surface area contributed by atoms with Gasteiger partial charge in [0.2, 0.25) is 11.9 Å². The standard InChI is InChI=1S/C45H68N8O2/c1-7-50-25-37-16-17-38(26-50)52(37)43-46-21-36(22-47-43)32-10-14-34(15-11-32)42(55)30(4)20-45(5,6)51-27-39-18-19-40(28-51)53(39)44-48-23-35(24-49-44)31-8-12-33(13-9-31)41(54)29(2)3/h21-24,29-34,37-40H,7-20,25-28H2,1-6H3/t30?,31-,32-,33-,34+,37?,38?,39?,40?. The molecule has 2 saturated carbocycles. The third-order valence-electron chi connectivity index (χ3n) is 15.2. The molecule has 300 valence electrons. The summed E-state index contributed by atoms with van der Waals surface area (Å²) in [6.45, 7) is 18.6. The fourth-order valence-electron chi connectivity index (χ4n) is 11.9. The predicted octanol–water partition coefficient (Wildman–Crippen LogP) is 7.44. The van der Waals surface area contributed by atoms with Gasteiger partial charge in [0.15, 0.2) is 0 Å². The Labute approximate surface area is 330 Å². The van der Waals surface area contributed by atoms with Crippen molar-refractivity contribution in [3.63, 3.8) is 0 Å². The number of nitrogens with zero attached hydrogens (tertiary/aromatic N) is 8. The summed E-state index contributed by atoms with van der Waals surface area (Å²) in [7, 11) is 0. The van der Waals surface area contributed by atoms with E-state index in [0.717, 1.165) is 102 Å². The van der Waals surface area contributed by atoms with Crippen molar-refractivity contribution >= 4 is 23.5 Å². The van der Waals surface area contributed by atoms with Crippen molar-refractivity contribution in [2.75, 3.05) is 42.5 Å². The first-order valence-corrected chi connectivity index (χ1v) is 22.2. The largest absolute Gasteiger partial charge is 0.332 e. The molecule has 2 aromatic rings. The third-order valence-corrected chi connectivity index (χ3v) is 15.2. The molecule has 0 amide bonds. The maximum Gasteiger partial charge on any atom is 0.225 e. The summed E-state index contributed by atoms with van der Waals surface area (Å²) in [5.74, 6) is 4.16. The Kier molecular flexibility index (Phi) is 11.4. The molecule has 0 N–H and O–H groups in total. The van der Waals surface area contributed by atoms with Crippen LogP contribution in [0.4, 0.5) is 11.9 Å². The van der Waals surface area contributed by atoms with Crippen LogP contribution in [0.15, 0.2) is 24.8 Å². The minimum atomic E-state index is -0.0541. The number of fused-ring (bicyclic) bond motifs is 4. The molecular formula is C45H68N8O2. The van der Waals surface area contributed by atoms with Gasteiger partial charge >= 0.3 is 0 Å². The number of piperazine rings is 2. The fraction of sp³-hybridized carbons (Fsp3) is 0.778. The zero-order valence-corrected chi connectivity index (χ0v) is 34.7. The van der Waals surface area contributed by atoms with E-state index in [1.165, 1.54) is 36.8 Å². The van der Waals surface area contributed by atoms with Gasteiger partial charge in [-0.1, -0.05) is 27.7 Å². The lowest BCUT2D eigenvalue weighted by atomic mass is 9.74. The van der Waals surface area contributed by atoms with Crippen LogP contribution in [0, 0.1) is 23.7 Å². The molecule has 2 aromatic heterocycles. The lowest BCUT2D eigenvalue weighted by molar-refractivity contribution is -0.128. The van der Waals surface area contributed by atoms with Crippen LogP contribution in [0.25, 0.3) is 0 Å². The highest BCUT2D eigenvalue weighted by molar-refractivity contribution is 5.83. The highest BCUT2D eigenvalue weighted by Crippen LogP contribution is 2.42. The molecule has 10 nitrogen and oxygen atoms in total. The van der Waals surface area contributed by atoms with Crippen LogP contribution in [0.2, 0.25) is 0 Å². The monoisotopic (exact) mass is 753 g/mol. The van der Waals surface area contributed by atoms with Gasteiger partial charge < -0.3 is 9.80 Å². The Morgan fingerprint density at radius 2 is 1.02 bits per heavy atom. The fourth-order valence-corrected chi connectivity index (χ4v) is 11.9. The predicted molar refractivity (Wildman–Crippen MR) is 218 cm³/mol. The van der Waals surface area contributed by atoms with E-state index in [1.54, 1.807) is 0 Å². The van der Waals surface area contributed by atoms with Gasteiger partial charge in [-0.05, 0) is 127 Å². The minimum Gasteiger partial charge on any atom is -0.332 e. The molecule has 2 aliphatic carbocycles. The molecule has 6 aliphatic rings. The number of hydrogen-bond acceptors (Lipinski definition) is 10. The number of ketones is 2. The maximum absolute atomic E-state index is 13.9. The van der Waals surface area contributed by atoms with E-state index in [2.05, 4.69) is 72.1 Å². The van der Waals surface area contributed by atoms with E-state index < -0.39 is 0 Å². The molecule has 6 heterocycles. The number of carbonyl (C=O) groups is 2. The Balaban J connectivity index is 0.805. The topological polar surface area (TPSA) is 98.7 Å². The second-order valence-electron chi connectivity index (χ2n) is 19.4. The van der Waals surface area contributed by atoms with Crippen molar-refractivity contribution in [1.29, 1.82) is 0 Å². The van der Waals surface area contributed by atoms with E-state index in [0.29, 0.717) is 47.6 Å². The lowest BCUT2D eigenvalue weighted by Crippen LogP contribution is -2.60. The maximum atomic E-state index is 13.9. The van der Waals surface area contributed by atoms with Gasteiger partial charge in [0.05, 0.1) is 0 Å². The van der Waals surface area contributed by atoms with Crippen molar-refractivity contribution < 1.29 is 9.59 Å². The van der Waals surface area contributed by atoms with Gasteiger partial charge in [-0.25, -0.2) is 19.9 Å². The first-order chi connectivity index (χ1) is 26.5. The first kappa shape index (κ1) is 38.9. The van der Waals surface area contributed by atoms with Crippen LogP contribution in [-0.4, -0.2) is 104 Å². The van der Waals surface area contributed by atoms with E-state index in [4.69, 9.17) is 19.9 Å². The van der Waals surface area contributed by atoms with Gasteiger partial charge in [-0.2, -0.15) is 0 Å². The van der Waals surface area contributed by atoms with Gasteiger partial charge in [0.1, 0.15) is 11.6 Å². The molecule has 0 radical (unpaired) electrons. The zero-order chi connectivity index (χ0) is 38.4. The van der Waals surface area contributed by atoms with Crippen LogP contribution in [0.5, 0.6) is 0 Å². The van der Waals surface area contributed by atoms with Crippen LogP contribution in [0.3, 0.4) is 0 Å². The van der Waals surface area contributed by atoms with E-state index >= 15 is 0 Å². The number of rotatable bonds is 12. The molecule has 10 heteroatoms. The molecule has 8 rings (SSSR count). The van der Waals surface area contributed by atoms with Gasteiger partial charge in [0, 0.05) is 104 Å². The van der Waals surface area contributed by atoms with Crippen molar-refractivity contribution in [2.24, 2.45) is 23.7 Å². The number of anilines is 2. The third kappa shape index (κ3) is 7.97. The molecule has 4 aliphatic heterocycles. The van der Waals surface area contributed by atoms with Crippen LogP contribution in [0.1, 0.15) is 148 Å². The second kappa shape index (κ2) is 16.1. The summed E-state index contributed by atoms with van der Waals surface area (Å²) in [5.41, 5.74) is 2.42. The molecule has 5 atom stereocenters. The average molecular weight is 753 g/mol. The Bertz CT molecular complexity index is 1600. The molecule has 0 aromatic carbocycles. The first-order valence-electron chi connectivity index (χ1n) is 22.2. The molecule has 5 unspecified atom stereocenters. The molecule has 4 saturated heterocycles. The highest BCUT2D eigenvalue weighted by Gasteiger charge is 2.46. The summed E-state index contributed by atoms with van der Waals surface area (Å²) in [6, 6.07) is 1.89. The number of likely N-dealkylation sites (tertiary alicyclic amines) is 2. The summed E-state index contributed by atoms with van der Waals surface area (Å²) < 4.78 is 0. The Morgan fingerprint density at radius 3 is 1.42 bits per heavy atom. The van der Waals surface area contributed by atoms with E-state index in [1.807, 2.05) is 13.8 Å². The summed E-state index contributed by atoms with van der Waals surface area (Å²) in [6.07, 6.45) is 22.1. The normalized spacial score (nSPS) is 32.3. The molecule has 55 heavy (non-hydrogen) atoms. The Hall–Kier alpha value is -2.98. The SMILES string of the molecule is CCN1CC2CCC(C1)N2c1ncc([C@H]2CC[C@@H](C(=O)C(C)CC(C)(C)N3CC4CCC(C3)N4c3ncc([C@H]4CC[C@H](C(=O)C(C)C)CC4)cn3)CC2)cn1. The number of likely N-dealkylation sites (N-methyl/N-ethyl adjacent to an activating group) is 1. The van der Waals surface area contributed by atoms with Crippen LogP contribution in [-0.2, 0) is 9.59 Å². The number of aromatic nitrogens is 4. The lowest BCUT2D eigenvalue weighted by Gasteiger charge is -2.48. The van der Waals surface area contributed by atoms with Crippen molar-refractivity contribution in [2.45, 2.75) is 167 Å². The van der Waals surface area contributed by atoms with Crippen LogP contribution < -0.4 is 9.80 Å². The van der Waals surface area contributed by atoms with Gasteiger partial charge in [-0.3, -0.25) is 19.4 Å². The van der Waals surface area contributed by atoms with Crippen molar-refractivity contribution in [1.82, 2.24) is 29.7 Å². The zero-order valence-electron chi connectivity index (χ0n) is 34.7. The average Bonchev–Trinajstić information content (AvgIpc) is 3.62. The summed E-state index contributed by atoms with van der Waals surface area (Å²) >= 11 is 0. The molecular weight excluding hydrogens is 685 g/mol. The van der Waals surface area contributed by atoms with E-state index in [9.17, 15) is 9.59 Å². The number of carbonyl (C=O) groups excluding carboxylic acids is 2.